The summed E-state index contributed by atoms with van der Waals surface area (Å²) in [6, 6.07) is 10.8. The summed E-state index contributed by atoms with van der Waals surface area (Å²) in [6.45, 7) is 8.92. The Labute approximate surface area is 125 Å². The summed E-state index contributed by atoms with van der Waals surface area (Å²) in [7, 11) is 0. The highest BCUT2D eigenvalue weighted by molar-refractivity contribution is 5.64. The van der Waals surface area contributed by atoms with Crippen LogP contribution in [-0.4, -0.2) is 42.3 Å². The van der Waals surface area contributed by atoms with Gasteiger partial charge in [0, 0.05) is 49.5 Å². The van der Waals surface area contributed by atoms with E-state index in [-0.39, 0.29) is 0 Å². The summed E-state index contributed by atoms with van der Waals surface area (Å²) in [6.07, 6.45) is 0. The minimum absolute atomic E-state index is 0.346. The third-order valence-corrected chi connectivity index (χ3v) is 4.10. The molecule has 1 fully saturated rings. The fourth-order valence-electron chi connectivity index (χ4n) is 2.76. The van der Waals surface area contributed by atoms with Crippen LogP contribution in [0.4, 0.5) is 11.6 Å². The van der Waals surface area contributed by atoms with Crippen LogP contribution >= 0.6 is 0 Å². The molecule has 0 unspecified atom stereocenters. The lowest BCUT2D eigenvalue weighted by Crippen LogP contribution is -2.48. The molecule has 2 heterocycles. The largest absolute Gasteiger partial charge is 0.369 e. The van der Waals surface area contributed by atoms with Crippen molar-refractivity contribution in [3.05, 3.63) is 30.3 Å². The first-order valence-electron chi connectivity index (χ1n) is 7.45. The summed E-state index contributed by atoms with van der Waals surface area (Å²) in [5.74, 6) is 0.346. The maximum Gasteiger partial charge on any atom is 0.222 e. The zero-order valence-corrected chi connectivity index (χ0v) is 12.6. The van der Waals surface area contributed by atoms with E-state index in [0.29, 0.717) is 11.9 Å². The molecule has 2 aromatic rings. The van der Waals surface area contributed by atoms with Crippen LogP contribution in [-0.2, 0) is 0 Å². The monoisotopic (exact) mass is 286 g/mol. The van der Waals surface area contributed by atoms with Gasteiger partial charge in [-0.1, -0.05) is 17.3 Å². The molecule has 1 aromatic heterocycles. The molecule has 5 nitrogen and oxygen atoms in total. The van der Waals surface area contributed by atoms with Crippen molar-refractivity contribution in [1.82, 2.24) is 10.1 Å². The van der Waals surface area contributed by atoms with Crippen LogP contribution < -0.4 is 10.6 Å². The van der Waals surface area contributed by atoms with Gasteiger partial charge in [0.1, 0.15) is 5.69 Å². The highest BCUT2D eigenvalue weighted by Gasteiger charge is 2.18. The van der Waals surface area contributed by atoms with Crippen LogP contribution in [0.2, 0.25) is 0 Å². The molecule has 5 heteroatoms. The van der Waals surface area contributed by atoms with Crippen molar-refractivity contribution < 1.29 is 4.52 Å². The number of hydrogen-bond acceptors (Lipinski definition) is 5. The van der Waals surface area contributed by atoms with E-state index in [2.05, 4.69) is 53.1 Å². The van der Waals surface area contributed by atoms with Gasteiger partial charge in [-0.15, -0.1) is 0 Å². The lowest BCUT2D eigenvalue weighted by molar-refractivity contribution is 0.209. The van der Waals surface area contributed by atoms with Gasteiger partial charge in [-0.05, 0) is 26.0 Å². The second-order valence-corrected chi connectivity index (χ2v) is 5.78. The predicted molar refractivity (Wildman–Crippen MR) is 85.3 cm³/mol. The van der Waals surface area contributed by atoms with E-state index in [4.69, 9.17) is 10.3 Å². The van der Waals surface area contributed by atoms with Crippen molar-refractivity contribution in [2.45, 2.75) is 19.9 Å². The van der Waals surface area contributed by atoms with Crippen molar-refractivity contribution in [1.29, 1.82) is 0 Å². The zero-order valence-electron chi connectivity index (χ0n) is 12.6. The average molecular weight is 286 g/mol. The fourth-order valence-corrected chi connectivity index (χ4v) is 2.76. The molecule has 2 N–H and O–H groups in total. The molecule has 1 aromatic carbocycles. The van der Waals surface area contributed by atoms with Crippen LogP contribution in [0.25, 0.3) is 11.3 Å². The van der Waals surface area contributed by atoms with Crippen molar-refractivity contribution in [3.8, 4) is 11.3 Å². The number of nitrogen functional groups attached to an aromatic ring is 1. The van der Waals surface area contributed by atoms with Gasteiger partial charge >= 0.3 is 0 Å². The normalized spacial score (nSPS) is 16.6. The SMILES string of the molecule is CC(C)N1CCN(c2ccc(-c3cc(N)on3)cc2)CC1. The Kier molecular flexibility index (Phi) is 3.84. The Morgan fingerprint density at radius 2 is 1.76 bits per heavy atom. The highest BCUT2D eigenvalue weighted by Crippen LogP contribution is 2.24. The maximum atomic E-state index is 5.56. The Bertz CT molecular complexity index is 583. The number of rotatable bonds is 3. The maximum absolute atomic E-state index is 5.56. The lowest BCUT2D eigenvalue weighted by Gasteiger charge is -2.38. The van der Waals surface area contributed by atoms with Crippen LogP contribution in [0.3, 0.4) is 0 Å². The summed E-state index contributed by atoms with van der Waals surface area (Å²) in [5.41, 5.74) is 8.63. The van der Waals surface area contributed by atoms with E-state index >= 15 is 0 Å². The van der Waals surface area contributed by atoms with E-state index in [9.17, 15) is 0 Å². The van der Waals surface area contributed by atoms with Gasteiger partial charge in [0.15, 0.2) is 0 Å². The average Bonchev–Trinajstić information content (AvgIpc) is 2.94. The molecule has 0 spiro atoms. The number of nitrogens with two attached hydrogens (primary N) is 1. The van der Waals surface area contributed by atoms with Crippen molar-refractivity contribution in [2.24, 2.45) is 0 Å². The molecule has 0 radical (unpaired) electrons. The molecule has 0 atom stereocenters. The van der Waals surface area contributed by atoms with Gasteiger partial charge in [0.2, 0.25) is 5.88 Å². The van der Waals surface area contributed by atoms with Crippen LogP contribution in [0.5, 0.6) is 0 Å². The second kappa shape index (κ2) is 5.77. The molecular formula is C16H22N4O. The summed E-state index contributed by atoms with van der Waals surface area (Å²) in [4.78, 5) is 4.95. The van der Waals surface area contributed by atoms with E-state index in [0.717, 1.165) is 37.4 Å². The van der Waals surface area contributed by atoms with Crippen molar-refractivity contribution in [3.63, 3.8) is 0 Å². The number of anilines is 2. The number of aromatic nitrogens is 1. The first-order valence-corrected chi connectivity index (χ1v) is 7.45. The number of piperazine rings is 1. The number of nitrogens with zero attached hydrogens (tertiary/aromatic N) is 3. The van der Waals surface area contributed by atoms with Gasteiger partial charge in [0.25, 0.3) is 0 Å². The summed E-state index contributed by atoms with van der Waals surface area (Å²) >= 11 is 0. The molecule has 21 heavy (non-hydrogen) atoms. The van der Waals surface area contributed by atoms with Crippen LogP contribution in [0.1, 0.15) is 13.8 Å². The molecule has 3 rings (SSSR count). The van der Waals surface area contributed by atoms with Crippen molar-refractivity contribution >= 4 is 11.6 Å². The first-order chi connectivity index (χ1) is 10.1. The third kappa shape index (κ3) is 3.03. The van der Waals surface area contributed by atoms with Gasteiger partial charge in [-0.3, -0.25) is 4.90 Å². The highest BCUT2D eigenvalue weighted by atomic mass is 16.5. The van der Waals surface area contributed by atoms with E-state index < -0.39 is 0 Å². The second-order valence-electron chi connectivity index (χ2n) is 5.78. The van der Waals surface area contributed by atoms with Gasteiger partial charge < -0.3 is 15.2 Å². The standard InChI is InChI=1S/C16H22N4O/c1-12(2)19-7-9-20(10-8-19)14-5-3-13(4-6-14)15-11-16(17)21-18-15/h3-6,11-12H,7-10,17H2,1-2H3. The van der Waals surface area contributed by atoms with Gasteiger partial charge in [-0.25, -0.2) is 0 Å². The smallest absolute Gasteiger partial charge is 0.222 e. The topological polar surface area (TPSA) is 58.5 Å². The molecule has 1 aliphatic heterocycles. The lowest BCUT2D eigenvalue weighted by atomic mass is 10.1. The zero-order chi connectivity index (χ0) is 14.8. The van der Waals surface area contributed by atoms with Crippen molar-refractivity contribution in [2.75, 3.05) is 36.8 Å². The molecule has 0 bridgehead atoms. The minimum Gasteiger partial charge on any atom is -0.369 e. The van der Waals surface area contributed by atoms with E-state index in [1.165, 1.54) is 5.69 Å². The molecule has 1 saturated heterocycles. The van der Waals surface area contributed by atoms with E-state index in [1.54, 1.807) is 6.07 Å². The predicted octanol–water partition coefficient (Wildman–Crippen LogP) is 2.45. The summed E-state index contributed by atoms with van der Waals surface area (Å²) < 4.78 is 4.91. The molecule has 112 valence electrons. The molecule has 0 amide bonds. The van der Waals surface area contributed by atoms with Gasteiger partial charge in [0.05, 0.1) is 0 Å². The Balaban J connectivity index is 1.68. The third-order valence-electron chi connectivity index (χ3n) is 4.10. The molecule has 0 aliphatic carbocycles. The van der Waals surface area contributed by atoms with Gasteiger partial charge in [-0.2, -0.15) is 0 Å². The Morgan fingerprint density at radius 1 is 1.10 bits per heavy atom. The molecule has 0 saturated carbocycles. The quantitative estimate of drug-likeness (QED) is 0.939. The summed E-state index contributed by atoms with van der Waals surface area (Å²) in [5, 5.41) is 3.94. The fraction of sp³-hybridized carbons (Fsp3) is 0.438. The first kappa shape index (κ1) is 13.9. The van der Waals surface area contributed by atoms with E-state index in [1.807, 2.05) is 0 Å². The Hall–Kier alpha value is -2.01. The number of benzene rings is 1. The minimum atomic E-state index is 0.346. The molecule has 1 aliphatic rings. The number of hydrogen-bond donors (Lipinski definition) is 1. The molecular weight excluding hydrogens is 264 g/mol. The van der Waals surface area contributed by atoms with Crippen LogP contribution in [0.15, 0.2) is 34.9 Å². The Morgan fingerprint density at radius 3 is 2.29 bits per heavy atom. The van der Waals surface area contributed by atoms with Crippen LogP contribution in [0, 0.1) is 0 Å².